The molecule has 1 rings (SSSR count). The third kappa shape index (κ3) is 6.36. The number of hydrogen-bond acceptors (Lipinski definition) is 3. The molecule has 1 aromatic rings. The van der Waals surface area contributed by atoms with Crippen molar-refractivity contribution in [3.63, 3.8) is 0 Å². The zero-order valence-electron chi connectivity index (χ0n) is 16.8. The molecule has 0 fully saturated rings. The monoisotopic (exact) mass is 475 g/mol. The fourth-order valence-corrected chi connectivity index (χ4v) is 4.99. The Morgan fingerprint density at radius 3 is 1.27 bits per heavy atom. The molecule has 0 amide bonds. The molecule has 0 heterocycles. The number of nitrogens with one attached hydrogen (secondary N) is 1. The van der Waals surface area contributed by atoms with Crippen LogP contribution in [0.3, 0.4) is 0 Å². The highest BCUT2D eigenvalue weighted by Crippen LogP contribution is 2.54. The summed E-state index contributed by atoms with van der Waals surface area (Å²) >= 11 is 0. The Morgan fingerprint density at radius 2 is 1.07 bits per heavy atom. The molecule has 0 aliphatic rings. The fraction of sp³-hybridized carbons (Fsp3) is 0.600. The van der Waals surface area contributed by atoms with Gasteiger partial charge in [0.1, 0.15) is 5.69 Å². The topological polar surface area (TPSA) is 32.1 Å². The highest BCUT2D eigenvalue weighted by atomic mass is 28.4. The van der Waals surface area contributed by atoms with Gasteiger partial charge >= 0.3 is 15.0 Å². The Kier molecular flexibility index (Phi) is 9.90. The summed E-state index contributed by atoms with van der Waals surface area (Å²) in [4.78, 5) is 1.37. The molecule has 0 radical (unpaired) electrons. The van der Waals surface area contributed by atoms with Crippen LogP contribution in [-0.4, -0.2) is 68.6 Å². The van der Waals surface area contributed by atoms with E-state index in [0.29, 0.717) is 21.3 Å². The van der Waals surface area contributed by atoms with Crippen molar-refractivity contribution in [2.75, 3.05) is 35.4 Å². The standard InChI is InChI=1S/C8H11N.C7H11BF9O3Si/c1-9(2)8-6-4-3-5-7-8;1-18-21(19-2,20-3)4-8(5(9,10)11,6(12,13)14)7(15,16)17/h3-7H,1-2H3;4H2,1-3H3/q;-1/p+1. The maximum atomic E-state index is 12.7. The average Bonchev–Trinajstić information content (AvgIpc) is 2.61. The van der Waals surface area contributed by atoms with Gasteiger partial charge in [-0.3, -0.25) is 0 Å². The summed E-state index contributed by atoms with van der Waals surface area (Å²) in [5, 5.41) is 0. The minimum atomic E-state index is -6.87. The molecular formula is C15H23BF9NO3Si. The van der Waals surface area contributed by atoms with Crippen molar-refractivity contribution in [1.29, 1.82) is 0 Å². The van der Waals surface area contributed by atoms with Crippen molar-refractivity contribution < 1.29 is 57.7 Å². The summed E-state index contributed by atoms with van der Waals surface area (Å²) in [5.74, 6) is -2.51. The van der Waals surface area contributed by atoms with E-state index in [1.165, 1.54) is 10.6 Å². The third-order valence-corrected chi connectivity index (χ3v) is 7.50. The zero-order chi connectivity index (χ0) is 24.0. The molecule has 0 saturated carbocycles. The van der Waals surface area contributed by atoms with E-state index in [4.69, 9.17) is 0 Å². The maximum Gasteiger partial charge on any atom is 0.464 e. The van der Waals surface area contributed by atoms with Gasteiger partial charge in [0.05, 0.1) is 14.1 Å². The van der Waals surface area contributed by atoms with Crippen LogP contribution in [0.15, 0.2) is 30.3 Å². The van der Waals surface area contributed by atoms with E-state index in [1.54, 1.807) is 0 Å². The number of rotatable bonds is 6. The van der Waals surface area contributed by atoms with Crippen molar-refractivity contribution in [1.82, 2.24) is 0 Å². The average molecular weight is 475 g/mol. The second kappa shape index (κ2) is 10.3. The quantitative estimate of drug-likeness (QED) is 0.504. The molecule has 1 aromatic carbocycles. The van der Waals surface area contributed by atoms with E-state index >= 15 is 0 Å². The van der Waals surface area contributed by atoms with Crippen LogP contribution in [0.25, 0.3) is 0 Å². The van der Waals surface area contributed by atoms with Crippen molar-refractivity contribution in [3.8, 4) is 0 Å². The first-order valence-corrected chi connectivity index (χ1v) is 10.3. The van der Waals surface area contributed by atoms with Crippen LogP contribution in [0.5, 0.6) is 0 Å². The number of halogens is 9. The van der Waals surface area contributed by atoms with Crippen LogP contribution in [0.2, 0.25) is 5.94 Å². The first kappa shape index (κ1) is 28.7. The van der Waals surface area contributed by atoms with Crippen LogP contribution in [0.4, 0.5) is 45.2 Å². The van der Waals surface area contributed by atoms with Crippen LogP contribution in [-0.2, 0) is 13.3 Å². The van der Waals surface area contributed by atoms with Crippen molar-refractivity contribution in [2.45, 2.75) is 24.2 Å². The molecule has 0 unspecified atom stereocenters. The van der Waals surface area contributed by atoms with Gasteiger partial charge in [0, 0.05) is 21.3 Å². The number of quaternary nitrogens is 1. The summed E-state index contributed by atoms with van der Waals surface area (Å²) < 4.78 is 128. The zero-order valence-corrected chi connectivity index (χ0v) is 17.8. The van der Waals surface area contributed by atoms with E-state index in [1.807, 2.05) is 6.07 Å². The van der Waals surface area contributed by atoms with Gasteiger partial charge in [-0.25, -0.2) is 39.5 Å². The smallest absolute Gasteiger partial charge is 0.379 e. The number of benzene rings is 1. The van der Waals surface area contributed by atoms with Crippen molar-refractivity contribution in [2.24, 2.45) is 0 Å². The molecule has 1 N–H and O–H groups in total. The summed E-state index contributed by atoms with van der Waals surface area (Å²) in [6.45, 7) is 0. The first-order chi connectivity index (χ1) is 13.4. The van der Waals surface area contributed by atoms with E-state index in [2.05, 4.69) is 51.6 Å². The van der Waals surface area contributed by atoms with Gasteiger partial charge in [-0.05, 0) is 12.1 Å². The Morgan fingerprint density at radius 1 is 0.733 bits per heavy atom. The lowest BCUT2D eigenvalue weighted by molar-refractivity contribution is -0.786. The van der Waals surface area contributed by atoms with E-state index < -0.39 is 39.1 Å². The molecule has 0 aliphatic heterocycles. The molecule has 176 valence electrons. The minimum Gasteiger partial charge on any atom is -0.379 e. The molecule has 30 heavy (non-hydrogen) atoms. The number of alkyl halides is 9. The largest absolute Gasteiger partial charge is 0.464 e. The van der Waals surface area contributed by atoms with Gasteiger partial charge in [-0.1, -0.05) is 24.1 Å². The van der Waals surface area contributed by atoms with Crippen molar-refractivity contribution >= 4 is 20.6 Å². The Balaban J connectivity index is 0.000000769. The van der Waals surface area contributed by atoms with E-state index in [9.17, 15) is 39.5 Å². The third-order valence-electron chi connectivity index (χ3n) is 4.52. The molecule has 0 atom stereocenters. The Labute approximate surface area is 169 Å². The van der Waals surface area contributed by atoms with Gasteiger partial charge in [-0.15, -0.1) is 0 Å². The predicted octanol–water partition coefficient (Wildman–Crippen LogP) is 3.62. The van der Waals surface area contributed by atoms with Crippen LogP contribution in [0.1, 0.15) is 0 Å². The van der Waals surface area contributed by atoms with E-state index in [0.717, 1.165) is 0 Å². The SMILES string of the molecule is CO[Si](C[B-](C(F)(F)F)(C(F)(F)F)C(F)(F)F)(OC)OC.C[NH+](C)c1ccccc1. The van der Waals surface area contributed by atoms with Gasteiger partial charge in [0.25, 0.3) is 18.2 Å². The molecule has 4 nitrogen and oxygen atoms in total. The normalized spacial score (nSPS) is 13.8. The Bertz CT molecular complexity index is 591. The highest BCUT2D eigenvalue weighted by Gasteiger charge is 2.80. The lowest BCUT2D eigenvalue weighted by Gasteiger charge is -2.46. The fourth-order valence-electron chi connectivity index (χ4n) is 2.55. The molecule has 0 spiro atoms. The van der Waals surface area contributed by atoms with Gasteiger partial charge in [0.15, 0.2) is 0 Å². The number of para-hydroxylation sites is 1. The molecule has 15 heteroatoms. The second-order valence-electron chi connectivity index (χ2n) is 6.54. The maximum absolute atomic E-state index is 12.7. The number of hydrogen-bond donors (Lipinski definition) is 1. The van der Waals surface area contributed by atoms with Gasteiger partial charge < -0.3 is 18.2 Å². The summed E-state index contributed by atoms with van der Waals surface area (Å²) in [5.41, 5.74) is 1.33. The van der Waals surface area contributed by atoms with Crippen LogP contribution >= 0.6 is 0 Å². The van der Waals surface area contributed by atoms with Gasteiger partial charge in [0.2, 0.25) is 0 Å². The molecular weight excluding hydrogens is 452 g/mol. The molecule has 0 aromatic heterocycles. The minimum absolute atomic E-state index is 0.614. The molecule has 0 bridgehead atoms. The lowest BCUT2D eigenvalue weighted by atomic mass is 9.23. The predicted molar refractivity (Wildman–Crippen MR) is 94.4 cm³/mol. The summed E-state index contributed by atoms with van der Waals surface area (Å²) in [7, 11) is 1.27. The second-order valence-corrected chi connectivity index (χ2v) is 9.53. The Hall–Kier alpha value is -1.29. The summed E-state index contributed by atoms with van der Waals surface area (Å²) in [6.07, 6.45) is -26.7. The molecule has 0 aliphatic carbocycles. The summed E-state index contributed by atoms with van der Waals surface area (Å²) in [6, 6.07) is 10.4. The highest BCUT2D eigenvalue weighted by molar-refractivity contribution is 6.94. The van der Waals surface area contributed by atoms with E-state index in [-0.39, 0.29) is 0 Å². The molecule has 0 saturated heterocycles. The van der Waals surface area contributed by atoms with Crippen molar-refractivity contribution in [3.05, 3.63) is 30.3 Å². The first-order valence-electron chi connectivity index (χ1n) is 8.33. The van der Waals surface area contributed by atoms with Gasteiger partial charge in [-0.2, -0.15) is 0 Å². The van der Waals surface area contributed by atoms with Crippen LogP contribution < -0.4 is 4.90 Å². The van der Waals surface area contributed by atoms with Crippen LogP contribution in [0, 0.1) is 0 Å². The lowest BCUT2D eigenvalue weighted by Crippen LogP contribution is -3.00.